The molecule has 6 atom stereocenters. The number of anilines is 1. The monoisotopic (exact) mass is 601 g/mol. The Morgan fingerprint density at radius 2 is 1.97 bits per heavy atom. The molecule has 0 bridgehead atoms. The summed E-state index contributed by atoms with van der Waals surface area (Å²) in [6.07, 6.45) is -5.03. The fourth-order valence-electron chi connectivity index (χ4n) is 2.81. The summed E-state index contributed by atoms with van der Waals surface area (Å²) in [5.41, 5.74) is 5.74. The van der Waals surface area contributed by atoms with E-state index >= 15 is 0 Å². The highest BCUT2D eigenvalue weighted by atomic mass is 79.9. The average molecular weight is 602 g/mol. The molecule has 182 valence electrons. The number of alkyl halides is 1. The van der Waals surface area contributed by atoms with Crippen LogP contribution >= 0.6 is 44.2 Å². The van der Waals surface area contributed by atoms with E-state index in [1.165, 1.54) is 0 Å². The van der Waals surface area contributed by atoms with Gasteiger partial charge in [0.25, 0.3) is 10.9 Å². The molecular formula is C14H14BrN5O11P2S+2. The Kier molecular flexibility index (Phi) is 8.86. The number of fused-ring (bicyclic) bond motifs is 1. The maximum Gasteiger partial charge on any atom is 0.747 e. The number of nitrogen functional groups attached to an aromatic ring is 1. The van der Waals surface area contributed by atoms with Crippen molar-refractivity contribution in [2.75, 3.05) is 17.7 Å². The first kappa shape index (κ1) is 26.7. The van der Waals surface area contributed by atoms with Gasteiger partial charge in [0.05, 0.1) is 5.33 Å². The third-order valence-electron chi connectivity index (χ3n) is 4.29. The predicted octanol–water partition coefficient (Wildman–Crippen LogP) is -0.480. The molecule has 1 saturated heterocycles. The van der Waals surface area contributed by atoms with E-state index in [0.29, 0.717) is 0 Å². The first-order chi connectivity index (χ1) is 16.0. The van der Waals surface area contributed by atoms with Gasteiger partial charge in [0.15, 0.2) is 32.7 Å². The molecule has 2 unspecified atom stereocenters. The molecule has 3 rings (SSSR count). The van der Waals surface area contributed by atoms with Gasteiger partial charge in [-0.15, -0.1) is 9.42 Å². The fraction of sp³-hybridized carbons (Fsp3) is 0.429. The van der Waals surface area contributed by atoms with E-state index in [-0.39, 0.29) is 39.2 Å². The second-order valence-corrected chi connectivity index (χ2v) is 9.69. The van der Waals surface area contributed by atoms with Crippen molar-refractivity contribution in [3.63, 3.8) is 0 Å². The minimum absolute atomic E-state index is 0.0229. The summed E-state index contributed by atoms with van der Waals surface area (Å²) in [6, 6.07) is 0. The summed E-state index contributed by atoms with van der Waals surface area (Å²) >= 11 is 3.03. The molecule has 2 aromatic heterocycles. The van der Waals surface area contributed by atoms with E-state index in [1.54, 1.807) is 0 Å². The molecule has 16 nitrogen and oxygen atoms in total. The largest absolute Gasteiger partial charge is 0.747 e. The maximum atomic E-state index is 12.3. The second kappa shape index (κ2) is 11.3. The van der Waals surface area contributed by atoms with Gasteiger partial charge in [-0.3, -0.25) is 19.0 Å². The topological polar surface area (TPSA) is 243 Å². The lowest BCUT2D eigenvalue weighted by Crippen LogP contribution is -2.33. The number of carbonyl (C=O) groups excluding carboxylic acids is 3. The van der Waals surface area contributed by atoms with Crippen molar-refractivity contribution in [1.82, 2.24) is 19.5 Å². The number of Topliss-reactive ketones (excluding diaryl/α,β-unsaturated/α-hetero) is 2. The number of imidazole rings is 1. The molecule has 1 fully saturated rings. The quantitative estimate of drug-likeness (QED) is 0.0882. The molecule has 34 heavy (non-hydrogen) atoms. The van der Waals surface area contributed by atoms with E-state index in [2.05, 4.69) is 35.2 Å². The SMILES string of the molecule is Nc1ncnc2c1nc(SC(=O)C(=O)C(=O)CBr)n2[C@@H]1O[C@H](CO[P+](=O)O[P+](=O)O)[C@@H](O)[C@H]1O. The van der Waals surface area contributed by atoms with Crippen molar-refractivity contribution in [2.45, 2.75) is 29.7 Å². The van der Waals surface area contributed by atoms with Gasteiger partial charge in [-0.1, -0.05) is 15.9 Å². The number of aromatic nitrogens is 4. The van der Waals surface area contributed by atoms with Crippen LogP contribution in [0.15, 0.2) is 11.5 Å². The number of hydrogen-bond donors (Lipinski definition) is 4. The number of nitrogens with two attached hydrogens (primary N) is 1. The number of thioether (sulfide) groups is 1. The van der Waals surface area contributed by atoms with Gasteiger partial charge < -0.3 is 20.7 Å². The Balaban J connectivity index is 1.92. The second-order valence-electron chi connectivity index (χ2n) is 6.36. The van der Waals surface area contributed by atoms with Crippen LogP contribution < -0.4 is 5.73 Å². The van der Waals surface area contributed by atoms with Crippen molar-refractivity contribution >= 4 is 77.9 Å². The number of rotatable bonds is 10. The normalized spacial score (nSPS) is 23.2. The van der Waals surface area contributed by atoms with E-state index in [1.807, 2.05) is 0 Å². The van der Waals surface area contributed by atoms with Crippen molar-refractivity contribution in [3.05, 3.63) is 6.33 Å². The number of aliphatic hydroxyl groups excluding tert-OH is 2. The van der Waals surface area contributed by atoms with Crippen molar-refractivity contribution < 1.29 is 52.2 Å². The highest BCUT2D eigenvalue weighted by molar-refractivity contribution is 9.09. The molecule has 20 heteroatoms. The molecule has 0 aliphatic carbocycles. The molecule has 0 spiro atoms. The van der Waals surface area contributed by atoms with Crippen LogP contribution in [-0.4, -0.2) is 81.6 Å². The van der Waals surface area contributed by atoms with Crippen LogP contribution in [-0.2, 0) is 37.1 Å². The van der Waals surface area contributed by atoms with Gasteiger partial charge in [-0.2, -0.15) is 0 Å². The van der Waals surface area contributed by atoms with E-state index in [4.69, 9.17) is 19.9 Å². The van der Waals surface area contributed by atoms with E-state index in [0.717, 1.165) is 10.9 Å². The summed E-state index contributed by atoms with van der Waals surface area (Å²) in [5.74, 6) is -2.42. The summed E-state index contributed by atoms with van der Waals surface area (Å²) in [7, 11) is -6.24. The van der Waals surface area contributed by atoms with Gasteiger partial charge in [-0.25, -0.2) is 15.0 Å². The summed E-state index contributed by atoms with van der Waals surface area (Å²) in [4.78, 5) is 56.3. The zero-order chi connectivity index (χ0) is 25.2. The molecule has 5 N–H and O–H groups in total. The first-order valence-corrected chi connectivity index (χ1v) is 13.0. The molecule has 0 radical (unpaired) electrons. The number of nitrogens with zero attached hydrogens (tertiary/aromatic N) is 4. The Labute approximate surface area is 203 Å². The van der Waals surface area contributed by atoms with Gasteiger partial charge in [0, 0.05) is 9.13 Å². The lowest BCUT2D eigenvalue weighted by atomic mass is 10.1. The Morgan fingerprint density at radius 1 is 1.26 bits per heavy atom. The van der Waals surface area contributed by atoms with Crippen LogP contribution in [0.4, 0.5) is 5.82 Å². The van der Waals surface area contributed by atoms with Gasteiger partial charge in [0.1, 0.15) is 31.2 Å². The van der Waals surface area contributed by atoms with Crippen LogP contribution in [0.25, 0.3) is 11.2 Å². The molecule has 2 aromatic rings. The minimum Gasteiger partial charge on any atom is -0.387 e. The molecule has 3 heterocycles. The lowest BCUT2D eigenvalue weighted by molar-refractivity contribution is -0.139. The number of halogens is 1. The third-order valence-corrected chi connectivity index (χ3v) is 7.09. The van der Waals surface area contributed by atoms with Crippen LogP contribution in [0, 0.1) is 0 Å². The number of ketones is 2. The number of hydrogen-bond acceptors (Lipinski definition) is 15. The van der Waals surface area contributed by atoms with Crippen molar-refractivity contribution in [2.24, 2.45) is 0 Å². The average Bonchev–Trinajstić information content (AvgIpc) is 3.28. The molecular weight excluding hydrogens is 588 g/mol. The summed E-state index contributed by atoms with van der Waals surface area (Å²) in [6.45, 7) is -0.628. The molecule has 0 amide bonds. The van der Waals surface area contributed by atoms with E-state index < -0.39 is 64.3 Å². The summed E-state index contributed by atoms with van der Waals surface area (Å²) < 4.78 is 37.4. The minimum atomic E-state index is -3.21. The van der Waals surface area contributed by atoms with Crippen molar-refractivity contribution in [3.8, 4) is 0 Å². The van der Waals surface area contributed by atoms with Gasteiger partial charge >= 0.3 is 16.5 Å². The smallest absolute Gasteiger partial charge is 0.387 e. The number of aliphatic hydroxyl groups is 2. The predicted molar refractivity (Wildman–Crippen MR) is 115 cm³/mol. The molecule has 0 saturated carbocycles. The lowest BCUT2D eigenvalue weighted by Gasteiger charge is -2.18. The molecule has 1 aliphatic rings. The van der Waals surface area contributed by atoms with Crippen LogP contribution in [0.5, 0.6) is 0 Å². The van der Waals surface area contributed by atoms with E-state index in [9.17, 15) is 33.7 Å². The van der Waals surface area contributed by atoms with Crippen molar-refractivity contribution in [1.29, 1.82) is 0 Å². The third kappa shape index (κ3) is 5.68. The van der Waals surface area contributed by atoms with Crippen LogP contribution in [0.1, 0.15) is 6.23 Å². The Hall–Kier alpha value is -1.85. The van der Waals surface area contributed by atoms with Crippen LogP contribution in [0.3, 0.4) is 0 Å². The maximum absolute atomic E-state index is 12.3. The molecule has 0 aromatic carbocycles. The first-order valence-electron chi connectivity index (χ1n) is 8.84. The number of ether oxygens (including phenoxy) is 1. The van der Waals surface area contributed by atoms with Gasteiger partial charge in [-0.05, 0) is 11.8 Å². The Morgan fingerprint density at radius 3 is 2.62 bits per heavy atom. The Bertz CT molecular complexity index is 1180. The highest BCUT2D eigenvalue weighted by Gasteiger charge is 2.48. The summed E-state index contributed by atoms with van der Waals surface area (Å²) in [5, 5.41) is 19.1. The standard InChI is InChI=1S/C14H13BrN5O11P2S/c15-1-4(21)7(22)13(25)34-14-19-6-10(16)17-3-18-11(6)20(14)12-9(24)8(23)5(30-12)2-29-33(28)31-32(26)27/h3,5,8-9,12,23-24H,1-2H2,(H2-,16,17,18,26,27)/q+1/p+1/t5-,8-,9-,12-/m1/s1. The number of carbonyl (C=O) groups is 3. The highest BCUT2D eigenvalue weighted by Crippen LogP contribution is 2.40. The molecule has 1 aliphatic heterocycles. The zero-order valence-corrected chi connectivity index (χ0v) is 20.6. The van der Waals surface area contributed by atoms with Crippen LogP contribution in [0.2, 0.25) is 0 Å². The fourth-order valence-corrected chi connectivity index (χ4v) is 4.77. The van der Waals surface area contributed by atoms with Gasteiger partial charge in [0.2, 0.25) is 5.78 Å². The zero-order valence-electron chi connectivity index (χ0n) is 16.5.